The van der Waals surface area contributed by atoms with Crippen molar-refractivity contribution in [3.05, 3.63) is 35.6 Å². The molecule has 0 atom stereocenters. The van der Waals surface area contributed by atoms with Crippen molar-refractivity contribution in [2.75, 3.05) is 14.2 Å². The molecular formula is C14H23FO2Si. The number of unbranched alkanes of at least 4 members (excludes halogenated alkanes) is 2. The van der Waals surface area contributed by atoms with Crippen LogP contribution < -0.4 is 0 Å². The first-order valence-electron chi connectivity index (χ1n) is 6.44. The Morgan fingerprint density at radius 1 is 1.11 bits per heavy atom. The number of halogens is 1. The lowest BCUT2D eigenvalue weighted by molar-refractivity contribution is 0.248. The van der Waals surface area contributed by atoms with Gasteiger partial charge in [-0.25, -0.2) is 4.39 Å². The van der Waals surface area contributed by atoms with Crippen LogP contribution >= 0.6 is 0 Å². The molecular weight excluding hydrogens is 247 g/mol. The van der Waals surface area contributed by atoms with Gasteiger partial charge in [0.1, 0.15) is 5.82 Å². The van der Waals surface area contributed by atoms with Gasteiger partial charge in [0.2, 0.25) is 0 Å². The fourth-order valence-corrected chi connectivity index (χ4v) is 3.40. The number of aryl methyl sites for hydroxylation is 1. The van der Waals surface area contributed by atoms with E-state index in [1.807, 2.05) is 6.07 Å². The second kappa shape index (κ2) is 7.66. The zero-order valence-electron chi connectivity index (χ0n) is 11.5. The molecule has 2 nitrogen and oxygen atoms in total. The number of benzene rings is 1. The summed E-state index contributed by atoms with van der Waals surface area (Å²) in [5, 5.41) is 0. The molecule has 0 aliphatic rings. The maximum absolute atomic E-state index is 13.0. The second-order valence-electron chi connectivity index (χ2n) is 4.73. The van der Waals surface area contributed by atoms with Crippen molar-refractivity contribution < 1.29 is 13.2 Å². The van der Waals surface area contributed by atoms with Gasteiger partial charge in [0.15, 0.2) is 0 Å². The predicted octanol–water partition coefficient (Wildman–Crippen LogP) is 3.90. The highest BCUT2D eigenvalue weighted by Gasteiger charge is 2.27. The summed E-state index contributed by atoms with van der Waals surface area (Å²) in [5.74, 6) is -0.147. The van der Waals surface area contributed by atoms with Crippen LogP contribution in [0.3, 0.4) is 0 Å². The third-order valence-electron chi connectivity index (χ3n) is 3.35. The summed E-state index contributed by atoms with van der Waals surface area (Å²) in [4.78, 5) is 0. The van der Waals surface area contributed by atoms with E-state index >= 15 is 0 Å². The lowest BCUT2D eigenvalue weighted by atomic mass is 10.1. The smallest absolute Gasteiger partial charge is 0.334 e. The van der Waals surface area contributed by atoms with Crippen LogP contribution in [0.2, 0.25) is 12.6 Å². The van der Waals surface area contributed by atoms with E-state index in [2.05, 4.69) is 6.55 Å². The van der Waals surface area contributed by atoms with Gasteiger partial charge in [-0.1, -0.05) is 25.0 Å². The molecule has 0 amide bonds. The van der Waals surface area contributed by atoms with Crippen molar-refractivity contribution >= 4 is 8.56 Å². The minimum Gasteiger partial charge on any atom is -0.398 e. The monoisotopic (exact) mass is 270 g/mol. The lowest BCUT2D eigenvalue weighted by Crippen LogP contribution is -2.35. The molecule has 18 heavy (non-hydrogen) atoms. The van der Waals surface area contributed by atoms with Gasteiger partial charge in [0.05, 0.1) is 0 Å². The Labute approximate surface area is 110 Å². The van der Waals surface area contributed by atoms with Crippen molar-refractivity contribution in [1.29, 1.82) is 0 Å². The fraction of sp³-hybridized carbons (Fsp3) is 0.571. The van der Waals surface area contributed by atoms with Gasteiger partial charge in [0.25, 0.3) is 0 Å². The maximum Gasteiger partial charge on any atom is 0.334 e. The van der Waals surface area contributed by atoms with Crippen LogP contribution in [0.5, 0.6) is 0 Å². The lowest BCUT2D eigenvalue weighted by Gasteiger charge is -2.22. The molecule has 1 aromatic carbocycles. The minimum absolute atomic E-state index is 0.147. The van der Waals surface area contributed by atoms with Crippen LogP contribution in [0.1, 0.15) is 24.8 Å². The largest absolute Gasteiger partial charge is 0.398 e. The zero-order valence-corrected chi connectivity index (χ0v) is 12.5. The van der Waals surface area contributed by atoms with Crippen molar-refractivity contribution in [2.45, 2.75) is 38.3 Å². The molecule has 0 unspecified atom stereocenters. The summed E-state index contributed by atoms with van der Waals surface area (Å²) in [6.07, 6.45) is 4.27. The van der Waals surface area contributed by atoms with E-state index in [1.54, 1.807) is 26.4 Å². The van der Waals surface area contributed by atoms with Crippen molar-refractivity contribution in [3.8, 4) is 0 Å². The topological polar surface area (TPSA) is 18.5 Å². The van der Waals surface area contributed by atoms with Crippen LogP contribution in [0.15, 0.2) is 24.3 Å². The molecule has 0 saturated carbocycles. The van der Waals surface area contributed by atoms with Gasteiger partial charge in [-0.2, -0.15) is 0 Å². The highest BCUT2D eigenvalue weighted by molar-refractivity contribution is 6.65. The Kier molecular flexibility index (Phi) is 6.53. The van der Waals surface area contributed by atoms with Gasteiger partial charge >= 0.3 is 8.56 Å². The molecule has 1 rings (SSSR count). The summed E-state index contributed by atoms with van der Waals surface area (Å²) in [7, 11) is 1.55. The second-order valence-corrected chi connectivity index (χ2v) is 8.32. The Hall–Kier alpha value is -0.713. The third kappa shape index (κ3) is 5.29. The summed E-state index contributed by atoms with van der Waals surface area (Å²) >= 11 is 0. The van der Waals surface area contributed by atoms with Crippen LogP contribution in [0, 0.1) is 5.82 Å². The highest BCUT2D eigenvalue weighted by atomic mass is 28.4. The maximum atomic E-state index is 13.0. The average molecular weight is 270 g/mol. The Morgan fingerprint density at radius 2 is 1.83 bits per heavy atom. The standard InChI is InChI=1S/C14H23FO2Si/c1-16-18(3,17-2)11-6-4-5-8-13-9-7-10-14(15)12-13/h7,9-10,12H,4-6,8,11H2,1-3H3. The number of rotatable bonds is 8. The van der Waals surface area contributed by atoms with Crippen molar-refractivity contribution in [3.63, 3.8) is 0 Å². The summed E-state index contributed by atoms with van der Waals surface area (Å²) < 4.78 is 23.8. The first-order chi connectivity index (χ1) is 8.59. The molecule has 0 bridgehead atoms. The molecule has 0 radical (unpaired) electrons. The summed E-state index contributed by atoms with van der Waals surface area (Å²) in [6, 6.07) is 7.86. The van der Waals surface area contributed by atoms with Crippen molar-refractivity contribution in [2.24, 2.45) is 0 Å². The molecule has 0 aliphatic carbocycles. The van der Waals surface area contributed by atoms with Gasteiger partial charge in [-0.05, 0) is 43.1 Å². The highest BCUT2D eigenvalue weighted by Crippen LogP contribution is 2.17. The minimum atomic E-state index is -1.90. The first-order valence-corrected chi connectivity index (χ1v) is 8.97. The average Bonchev–Trinajstić information content (AvgIpc) is 2.38. The molecule has 0 N–H and O–H groups in total. The van der Waals surface area contributed by atoms with Gasteiger partial charge in [0, 0.05) is 14.2 Å². The van der Waals surface area contributed by atoms with Crippen LogP contribution in [-0.2, 0) is 15.3 Å². The first kappa shape index (κ1) is 15.3. The Bertz CT molecular complexity index is 353. The zero-order chi connectivity index (χ0) is 13.4. The van der Waals surface area contributed by atoms with E-state index in [9.17, 15) is 4.39 Å². The quantitative estimate of drug-likeness (QED) is 0.527. The molecule has 102 valence electrons. The predicted molar refractivity (Wildman–Crippen MR) is 74.4 cm³/mol. The van der Waals surface area contributed by atoms with Crippen LogP contribution in [-0.4, -0.2) is 22.8 Å². The van der Waals surface area contributed by atoms with Gasteiger partial charge < -0.3 is 8.85 Å². The van der Waals surface area contributed by atoms with Crippen molar-refractivity contribution in [1.82, 2.24) is 0 Å². The van der Waals surface area contributed by atoms with E-state index in [0.717, 1.165) is 37.3 Å². The molecule has 0 saturated heterocycles. The molecule has 0 heterocycles. The molecule has 0 spiro atoms. The van der Waals surface area contributed by atoms with Crippen LogP contribution in [0.25, 0.3) is 0 Å². The van der Waals surface area contributed by atoms with E-state index in [4.69, 9.17) is 8.85 Å². The normalized spacial score (nSPS) is 11.8. The SMILES string of the molecule is CO[Si](C)(CCCCCc1cccc(F)c1)OC. The Morgan fingerprint density at radius 3 is 2.44 bits per heavy atom. The van der Waals surface area contributed by atoms with Gasteiger partial charge in [-0.15, -0.1) is 0 Å². The molecule has 4 heteroatoms. The molecule has 0 aromatic heterocycles. The summed E-state index contributed by atoms with van der Waals surface area (Å²) in [6.45, 7) is 2.08. The van der Waals surface area contributed by atoms with Gasteiger partial charge in [-0.3, -0.25) is 0 Å². The van der Waals surface area contributed by atoms with E-state index in [1.165, 1.54) is 6.07 Å². The molecule has 1 aromatic rings. The fourth-order valence-electron chi connectivity index (χ4n) is 1.93. The van der Waals surface area contributed by atoms with Crippen LogP contribution in [0.4, 0.5) is 4.39 Å². The van der Waals surface area contributed by atoms with E-state index < -0.39 is 8.56 Å². The number of hydrogen-bond donors (Lipinski definition) is 0. The number of hydrogen-bond acceptors (Lipinski definition) is 2. The third-order valence-corrected chi connectivity index (χ3v) is 6.34. The molecule has 0 fully saturated rings. The van der Waals surface area contributed by atoms with E-state index in [0.29, 0.717) is 0 Å². The Balaban J connectivity index is 2.19. The van der Waals surface area contributed by atoms with E-state index in [-0.39, 0.29) is 5.82 Å². The molecule has 0 aliphatic heterocycles. The summed E-state index contributed by atoms with van der Waals surface area (Å²) in [5.41, 5.74) is 1.08.